The SMILES string of the molecule is Cc1c(C#N)cccc1C(=O)C1CC2CCC(C1)N2C. The summed E-state index contributed by atoms with van der Waals surface area (Å²) in [6.45, 7) is 1.88. The van der Waals surface area contributed by atoms with Crippen LogP contribution in [0.3, 0.4) is 0 Å². The largest absolute Gasteiger partial charge is 0.300 e. The molecule has 3 heteroatoms. The van der Waals surface area contributed by atoms with E-state index in [4.69, 9.17) is 5.26 Å². The molecule has 2 atom stereocenters. The molecular weight excluding hydrogens is 248 g/mol. The predicted molar refractivity (Wildman–Crippen MR) is 77.5 cm³/mol. The van der Waals surface area contributed by atoms with Crippen molar-refractivity contribution < 1.29 is 4.79 Å². The molecule has 104 valence electrons. The maximum atomic E-state index is 12.8. The summed E-state index contributed by atoms with van der Waals surface area (Å²) in [5.74, 6) is 0.376. The van der Waals surface area contributed by atoms with E-state index in [9.17, 15) is 4.79 Å². The minimum absolute atomic E-state index is 0.136. The van der Waals surface area contributed by atoms with Gasteiger partial charge in [-0.1, -0.05) is 12.1 Å². The van der Waals surface area contributed by atoms with Gasteiger partial charge in [0, 0.05) is 23.6 Å². The summed E-state index contributed by atoms with van der Waals surface area (Å²) >= 11 is 0. The molecular formula is C17H20N2O. The number of piperidine rings is 1. The van der Waals surface area contributed by atoms with Gasteiger partial charge in [-0.3, -0.25) is 4.79 Å². The summed E-state index contributed by atoms with van der Waals surface area (Å²) in [5.41, 5.74) is 2.20. The van der Waals surface area contributed by atoms with Crippen LogP contribution in [-0.4, -0.2) is 29.8 Å². The van der Waals surface area contributed by atoms with E-state index in [0.29, 0.717) is 17.6 Å². The van der Waals surface area contributed by atoms with E-state index in [0.717, 1.165) is 24.0 Å². The van der Waals surface area contributed by atoms with Gasteiger partial charge in [0.2, 0.25) is 0 Å². The molecule has 2 heterocycles. The average molecular weight is 268 g/mol. The maximum absolute atomic E-state index is 12.8. The number of rotatable bonds is 2. The van der Waals surface area contributed by atoms with Gasteiger partial charge >= 0.3 is 0 Å². The van der Waals surface area contributed by atoms with Gasteiger partial charge in [-0.05, 0) is 51.3 Å². The molecule has 1 aromatic carbocycles. The number of benzene rings is 1. The summed E-state index contributed by atoms with van der Waals surface area (Å²) in [5, 5.41) is 9.10. The van der Waals surface area contributed by atoms with E-state index in [2.05, 4.69) is 18.0 Å². The van der Waals surface area contributed by atoms with Crippen molar-refractivity contribution in [1.29, 1.82) is 5.26 Å². The molecule has 0 aromatic heterocycles. The Bertz CT molecular complexity index is 573. The lowest BCUT2D eigenvalue weighted by Gasteiger charge is -2.35. The van der Waals surface area contributed by atoms with Gasteiger partial charge in [-0.25, -0.2) is 0 Å². The van der Waals surface area contributed by atoms with Crippen LogP contribution in [0.1, 0.15) is 47.2 Å². The first-order chi connectivity index (χ1) is 9.61. The number of Topliss-reactive ketones (excluding diaryl/α,β-unsaturated/α-hetero) is 1. The lowest BCUT2D eigenvalue weighted by molar-refractivity contribution is 0.0766. The van der Waals surface area contributed by atoms with E-state index in [1.807, 2.05) is 19.1 Å². The van der Waals surface area contributed by atoms with Crippen molar-refractivity contribution in [3.8, 4) is 6.07 Å². The molecule has 0 N–H and O–H groups in total. The van der Waals surface area contributed by atoms with E-state index < -0.39 is 0 Å². The number of carbonyl (C=O) groups excluding carboxylic acids is 1. The molecule has 2 unspecified atom stereocenters. The lowest BCUT2D eigenvalue weighted by atomic mass is 9.83. The fraction of sp³-hybridized carbons (Fsp3) is 0.529. The molecule has 2 saturated heterocycles. The number of hydrogen-bond acceptors (Lipinski definition) is 3. The minimum atomic E-state index is 0.136. The zero-order valence-corrected chi connectivity index (χ0v) is 12.1. The lowest BCUT2D eigenvalue weighted by Crippen LogP contribution is -2.42. The second-order valence-corrected chi connectivity index (χ2v) is 6.17. The smallest absolute Gasteiger partial charge is 0.166 e. The molecule has 2 aliphatic rings. The van der Waals surface area contributed by atoms with Crippen molar-refractivity contribution in [1.82, 2.24) is 4.90 Å². The quantitative estimate of drug-likeness (QED) is 0.775. The molecule has 1 aromatic rings. The van der Waals surface area contributed by atoms with Crippen molar-refractivity contribution in [2.45, 2.75) is 44.7 Å². The summed E-state index contributed by atoms with van der Waals surface area (Å²) in [4.78, 5) is 15.2. The van der Waals surface area contributed by atoms with Crippen molar-refractivity contribution in [2.24, 2.45) is 5.92 Å². The van der Waals surface area contributed by atoms with E-state index in [1.165, 1.54) is 12.8 Å². The van der Waals surface area contributed by atoms with Crippen molar-refractivity contribution in [3.05, 3.63) is 34.9 Å². The Labute approximate surface area is 120 Å². The van der Waals surface area contributed by atoms with Gasteiger partial charge in [0.15, 0.2) is 5.78 Å². The Morgan fingerprint density at radius 2 is 1.95 bits per heavy atom. The summed E-state index contributed by atoms with van der Waals surface area (Å²) in [6.07, 6.45) is 4.40. The third-order valence-electron chi connectivity index (χ3n) is 5.19. The molecule has 3 rings (SSSR count). The molecule has 2 fully saturated rings. The van der Waals surface area contributed by atoms with Gasteiger partial charge in [0.05, 0.1) is 11.6 Å². The Balaban J connectivity index is 1.86. The van der Waals surface area contributed by atoms with Gasteiger partial charge in [0.25, 0.3) is 0 Å². The molecule has 2 aliphatic heterocycles. The molecule has 0 aliphatic carbocycles. The van der Waals surface area contributed by atoms with Crippen LogP contribution < -0.4 is 0 Å². The van der Waals surface area contributed by atoms with Crippen LogP contribution in [-0.2, 0) is 0 Å². The van der Waals surface area contributed by atoms with E-state index in [-0.39, 0.29) is 11.7 Å². The van der Waals surface area contributed by atoms with Crippen molar-refractivity contribution >= 4 is 5.78 Å². The van der Waals surface area contributed by atoms with Crippen LogP contribution in [0.15, 0.2) is 18.2 Å². The summed E-state index contributed by atoms with van der Waals surface area (Å²) < 4.78 is 0. The van der Waals surface area contributed by atoms with Crippen molar-refractivity contribution in [3.63, 3.8) is 0 Å². The molecule has 0 saturated carbocycles. The highest BCUT2D eigenvalue weighted by Gasteiger charge is 2.41. The molecule has 0 spiro atoms. The second-order valence-electron chi connectivity index (χ2n) is 6.17. The van der Waals surface area contributed by atoms with E-state index in [1.54, 1.807) is 6.07 Å². The topological polar surface area (TPSA) is 44.1 Å². The zero-order chi connectivity index (χ0) is 14.3. The van der Waals surface area contributed by atoms with Crippen molar-refractivity contribution in [2.75, 3.05) is 7.05 Å². The third kappa shape index (κ3) is 2.05. The normalized spacial score (nSPS) is 29.1. The summed E-state index contributed by atoms with van der Waals surface area (Å²) in [7, 11) is 2.19. The monoisotopic (exact) mass is 268 g/mol. The van der Waals surface area contributed by atoms with Crippen LogP contribution in [0, 0.1) is 24.2 Å². The highest BCUT2D eigenvalue weighted by Crippen LogP contribution is 2.39. The number of ketones is 1. The Hall–Kier alpha value is -1.66. The average Bonchev–Trinajstić information content (AvgIpc) is 2.68. The van der Waals surface area contributed by atoms with Crippen LogP contribution >= 0.6 is 0 Å². The van der Waals surface area contributed by atoms with Gasteiger partial charge in [-0.2, -0.15) is 5.26 Å². The van der Waals surface area contributed by atoms with Gasteiger partial charge in [-0.15, -0.1) is 0 Å². The molecule has 0 radical (unpaired) electrons. The molecule has 2 bridgehead atoms. The number of carbonyl (C=O) groups is 1. The maximum Gasteiger partial charge on any atom is 0.166 e. The Morgan fingerprint density at radius 3 is 2.55 bits per heavy atom. The molecule has 20 heavy (non-hydrogen) atoms. The first-order valence-electron chi connectivity index (χ1n) is 7.37. The number of nitriles is 1. The molecule has 0 amide bonds. The van der Waals surface area contributed by atoms with Crippen LogP contribution in [0.4, 0.5) is 0 Å². The Kier molecular flexibility index (Phi) is 3.35. The highest BCUT2D eigenvalue weighted by atomic mass is 16.1. The van der Waals surface area contributed by atoms with Gasteiger partial charge in [0.1, 0.15) is 0 Å². The summed E-state index contributed by atoms with van der Waals surface area (Å²) in [6, 6.07) is 8.79. The first-order valence-corrected chi connectivity index (χ1v) is 7.37. The van der Waals surface area contributed by atoms with Crippen LogP contribution in [0.25, 0.3) is 0 Å². The molecule has 3 nitrogen and oxygen atoms in total. The number of fused-ring (bicyclic) bond motifs is 2. The third-order valence-corrected chi connectivity index (χ3v) is 5.19. The number of hydrogen-bond donors (Lipinski definition) is 0. The van der Waals surface area contributed by atoms with Crippen LogP contribution in [0.2, 0.25) is 0 Å². The minimum Gasteiger partial charge on any atom is -0.300 e. The van der Waals surface area contributed by atoms with E-state index >= 15 is 0 Å². The predicted octanol–water partition coefficient (Wildman–Crippen LogP) is 2.92. The second kappa shape index (κ2) is 5.03. The first kappa shape index (κ1) is 13.3. The highest BCUT2D eigenvalue weighted by molar-refractivity contribution is 5.99. The zero-order valence-electron chi connectivity index (χ0n) is 12.1. The van der Waals surface area contributed by atoms with Crippen LogP contribution in [0.5, 0.6) is 0 Å². The fourth-order valence-electron chi connectivity index (χ4n) is 3.87. The standard InChI is InChI=1S/C17H20N2O/c1-11-12(10-18)4-3-5-16(11)17(20)13-8-14-6-7-15(9-13)19(14)2/h3-5,13-15H,6-9H2,1-2H3. The Morgan fingerprint density at radius 1 is 1.30 bits per heavy atom. The van der Waals surface area contributed by atoms with Gasteiger partial charge < -0.3 is 4.90 Å². The fourth-order valence-corrected chi connectivity index (χ4v) is 3.87. The number of nitrogens with zero attached hydrogens (tertiary/aromatic N) is 2.